The molecule has 0 aliphatic rings. The Bertz CT molecular complexity index is 680. The second kappa shape index (κ2) is 6.98. The molecule has 0 aliphatic heterocycles. The highest BCUT2D eigenvalue weighted by molar-refractivity contribution is 7.99. The molecule has 2 N–H and O–H groups in total. The van der Waals surface area contributed by atoms with Crippen LogP contribution in [0.3, 0.4) is 0 Å². The van der Waals surface area contributed by atoms with Crippen molar-refractivity contribution in [1.29, 1.82) is 0 Å². The van der Waals surface area contributed by atoms with Crippen molar-refractivity contribution in [3.63, 3.8) is 0 Å². The van der Waals surface area contributed by atoms with E-state index in [0.29, 0.717) is 29.8 Å². The molecule has 0 aliphatic carbocycles. The normalized spacial score (nSPS) is 10.5. The van der Waals surface area contributed by atoms with Gasteiger partial charge < -0.3 is 9.84 Å². The van der Waals surface area contributed by atoms with Gasteiger partial charge in [-0.2, -0.15) is 0 Å². The Hall–Kier alpha value is -2.22. The van der Waals surface area contributed by atoms with E-state index in [9.17, 15) is 9.59 Å². The maximum Gasteiger partial charge on any atom is 0.343 e. The van der Waals surface area contributed by atoms with Crippen molar-refractivity contribution < 1.29 is 14.6 Å². The predicted octanol–water partition coefficient (Wildman–Crippen LogP) is 1.46. The van der Waals surface area contributed by atoms with Crippen molar-refractivity contribution in [3.8, 4) is 5.75 Å². The highest BCUT2D eigenvalue weighted by Crippen LogP contribution is 2.16. The van der Waals surface area contributed by atoms with Crippen molar-refractivity contribution in [2.75, 3.05) is 12.4 Å². The second-order valence-electron chi connectivity index (χ2n) is 4.09. The minimum atomic E-state index is -0.988. The summed E-state index contributed by atoms with van der Waals surface area (Å²) >= 11 is 1.40. The molecule has 0 saturated heterocycles. The quantitative estimate of drug-likeness (QED) is 0.593. The van der Waals surface area contributed by atoms with Crippen LogP contribution in [0.25, 0.3) is 0 Å². The Balaban J connectivity index is 1.86. The van der Waals surface area contributed by atoms with E-state index in [-0.39, 0.29) is 11.3 Å². The number of aromatic nitrogens is 3. The Morgan fingerprint density at radius 3 is 3.05 bits per heavy atom. The largest absolute Gasteiger partial charge is 0.493 e. The van der Waals surface area contributed by atoms with Crippen LogP contribution >= 0.6 is 11.8 Å². The molecule has 0 bridgehead atoms. The number of nitrogens with one attached hydrogen (secondary N) is 1. The van der Waals surface area contributed by atoms with E-state index in [4.69, 9.17) is 9.84 Å². The standard InChI is InChI=1S/C13H15N3O4S/c1-2-16-12(19)14-15-13(16)21-7-6-20-10-5-3-4-9(8-10)11(17)18/h3-5,8H,2,6-7H2,1H3,(H,14,19)(H,17,18). The fraction of sp³-hybridized carbons (Fsp3) is 0.308. The van der Waals surface area contributed by atoms with Crippen molar-refractivity contribution in [3.05, 3.63) is 40.3 Å². The molecule has 2 rings (SSSR count). The van der Waals surface area contributed by atoms with Gasteiger partial charge in [0.2, 0.25) is 0 Å². The summed E-state index contributed by atoms with van der Waals surface area (Å²) in [5.41, 5.74) is -0.0395. The first-order valence-electron chi connectivity index (χ1n) is 6.36. The summed E-state index contributed by atoms with van der Waals surface area (Å²) in [6, 6.07) is 6.32. The molecule has 0 saturated carbocycles. The predicted molar refractivity (Wildman–Crippen MR) is 78.1 cm³/mol. The highest BCUT2D eigenvalue weighted by atomic mass is 32.2. The summed E-state index contributed by atoms with van der Waals surface area (Å²) in [7, 11) is 0. The van der Waals surface area contributed by atoms with Crippen molar-refractivity contribution in [2.24, 2.45) is 0 Å². The number of ether oxygens (including phenoxy) is 1. The molecular weight excluding hydrogens is 294 g/mol. The lowest BCUT2D eigenvalue weighted by atomic mass is 10.2. The van der Waals surface area contributed by atoms with Crippen LogP contribution in [0.1, 0.15) is 17.3 Å². The minimum absolute atomic E-state index is 0.187. The number of aromatic amines is 1. The average Bonchev–Trinajstić information content (AvgIpc) is 2.84. The van der Waals surface area contributed by atoms with Crippen molar-refractivity contribution in [1.82, 2.24) is 14.8 Å². The van der Waals surface area contributed by atoms with Crippen molar-refractivity contribution >= 4 is 17.7 Å². The molecule has 0 amide bonds. The fourth-order valence-corrected chi connectivity index (χ4v) is 2.53. The van der Waals surface area contributed by atoms with Gasteiger partial charge >= 0.3 is 11.7 Å². The van der Waals surface area contributed by atoms with Gasteiger partial charge in [0.25, 0.3) is 0 Å². The van der Waals surface area contributed by atoms with Gasteiger partial charge in [-0.05, 0) is 25.1 Å². The first-order chi connectivity index (χ1) is 10.1. The molecule has 0 fully saturated rings. The van der Waals surface area contributed by atoms with Gasteiger partial charge in [-0.3, -0.25) is 4.57 Å². The highest BCUT2D eigenvalue weighted by Gasteiger charge is 2.07. The lowest BCUT2D eigenvalue weighted by Gasteiger charge is -2.06. The van der Waals surface area contributed by atoms with Gasteiger partial charge in [-0.1, -0.05) is 17.8 Å². The SMILES string of the molecule is CCn1c(SCCOc2cccc(C(=O)O)c2)n[nH]c1=O. The summed E-state index contributed by atoms with van der Waals surface area (Å²) < 4.78 is 7.03. The van der Waals surface area contributed by atoms with Crippen LogP contribution in [-0.2, 0) is 6.54 Å². The van der Waals surface area contributed by atoms with Crippen LogP contribution in [0.5, 0.6) is 5.75 Å². The Kier molecular flexibility index (Phi) is 5.04. The average molecular weight is 309 g/mol. The maximum absolute atomic E-state index is 11.4. The molecule has 0 unspecified atom stereocenters. The van der Waals surface area contributed by atoms with Gasteiger partial charge in [0, 0.05) is 12.3 Å². The van der Waals surface area contributed by atoms with Gasteiger partial charge in [-0.15, -0.1) is 5.10 Å². The maximum atomic E-state index is 11.4. The summed E-state index contributed by atoms with van der Waals surface area (Å²) in [6.07, 6.45) is 0. The third kappa shape index (κ3) is 3.88. The van der Waals surface area contributed by atoms with Gasteiger partial charge in [-0.25, -0.2) is 14.7 Å². The van der Waals surface area contributed by atoms with E-state index in [0.717, 1.165) is 0 Å². The number of hydrogen-bond acceptors (Lipinski definition) is 5. The van der Waals surface area contributed by atoms with E-state index >= 15 is 0 Å². The molecule has 0 radical (unpaired) electrons. The van der Waals surface area contributed by atoms with E-state index in [1.165, 1.54) is 28.5 Å². The van der Waals surface area contributed by atoms with Crippen LogP contribution in [0.2, 0.25) is 0 Å². The Morgan fingerprint density at radius 2 is 2.33 bits per heavy atom. The topological polar surface area (TPSA) is 97.2 Å². The molecule has 21 heavy (non-hydrogen) atoms. The second-order valence-corrected chi connectivity index (χ2v) is 5.15. The number of benzene rings is 1. The molecular formula is C13H15N3O4S. The van der Waals surface area contributed by atoms with Crippen LogP contribution in [0.4, 0.5) is 0 Å². The van der Waals surface area contributed by atoms with E-state index in [1.807, 2.05) is 6.92 Å². The number of aromatic carboxylic acids is 1. The van der Waals surface area contributed by atoms with Crippen LogP contribution in [-0.4, -0.2) is 38.2 Å². The molecule has 1 aromatic carbocycles. The number of carbonyl (C=O) groups is 1. The number of rotatable bonds is 7. The number of nitrogens with zero attached hydrogens (tertiary/aromatic N) is 2. The summed E-state index contributed by atoms with van der Waals surface area (Å²) in [4.78, 5) is 22.2. The molecule has 1 heterocycles. The number of hydrogen-bond donors (Lipinski definition) is 2. The van der Waals surface area contributed by atoms with E-state index < -0.39 is 5.97 Å². The number of carboxylic acid groups (broad SMARTS) is 1. The number of carboxylic acids is 1. The first kappa shape index (κ1) is 15.2. The molecule has 0 atom stereocenters. The monoisotopic (exact) mass is 309 g/mol. The number of H-pyrrole nitrogens is 1. The zero-order valence-corrected chi connectivity index (χ0v) is 12.2. The smallest absolute Gasteiger partial charge is 0.343 e. The summed E-state index contributed by atoms with van der Waals surface area (Å²) in [5.74, 6) is 0.116. The molecule has 1 aromatic heterocycles. The summed E-state index contributed by atoms with van der Waals surface area (Å²) in [6.45, 7) is 2.81. The van der Waals surface area contributed by atoms with Gasteiger partial charge in [0.05, 0.1) is 12.2 Å². The lowest BCUT2D eigenvalue weighted by molar-refractivity contribution is 0.0696. The Labute approximate surface area is 124 Å². The summed E-state index contributed by atoms with van der Waals surface area (Å²) in [5, 5.41) is 15.8. The van der Waals surface area contributed by atoms with E-state index in [2.05, 4.69) is 10.2 Å². The molecule has 112 valence electrons. The van der Waals surface area contributed by atoms with Gasteiger partial charge in [0.15, 0.2) is 5.16 Å². The van der Waals surface area contributed by atoms with E-state index in [1.54, 1.807) is 12.1 Å². The molecule has 8 heteroatoms. The van der Waals surface area contributed by atoms with Crippen LogP contribution in [0.15, 0.2) is 34.2 Å². The fourth-order valence-electron chi connectivity index (χ4n) is 1.70. The van der Waals surface area contributed by atoms with Gasteiger partial charge in [0.1, 0.15) is 5.75 Å². The zero-order valence-electron chi connectivity index (χ0n) is 11.4. The molecule has 0 spiro atoms. The lowest BCUT2D eigenvalue weighted by Crippen LogP contribution is -2.16. The third-order valence-corrected chi connectivity index (χ3v) is 3.64. The number of thioether (sulfide) groups is 1. The zero-order chi connectivity index (χ0) is 15.2. The van der Waals surface area contributed by atoms with Crippen LogP contribution in [0, 0.1) is 0 Å². The molecule has 2 aromatic rings. The van der Waals surface area contributed by atoms with Crippen LogP contribution < -0.4 is 10.4 Å². The minimum Gasteiger partial charge on any atom is -0.493 e. The van der Waals surface area contributed by atoms with Crippen molar-refractivity contribution in [2.45, 2.75) is 18.6 Å². The molecule has 7 nitrogen and oxygen atoms in total. The third-order valence-electron chi connectivity index (χ3n) is 2.70. The first-order valence-corrected chi connectivity index (χ1v) is 7.34. The Morgan fingerprint density at radius 1 is 1.52 bits per heavy atom.